The summed E-state index contributed by atoms with van der Waals surface area (Å²) in [6, 6.07) is 0. The molecule has 0 saturated carbocycles. The summed E-state index contributed by atoms with van der Waals surface area (Å²) in [5.41, 5.74) is 0. The number of hydrogen-bond acceptors (Lipinski definition) is 3. The molecule has 4 heteroatoms. The Bertz CT molecular complexity index is 347. The number of imidazole rings is 1. The smallest absolute Gasteiger partial charge is 0.205 e. The van der Waals surface area contributed by atoms with E-state index in [1.807, 2.05) is 6.20 Å². The zero-order valence-corrected chi connectivity index (χ0v) is 11.7. The van der Waals surface area contributed by atoms with E-state index in [9.17, 15) is 0 Å². The summed E-state index contributed by atoms with van der Waals surface area (Å²) in [6.45, 7) is 9.99. The molecule has 1 fully saturated rings. The van der Waals surface area contributed by atoms with Gasteiger partial charge in [0.1, 0.15) is 0 Å². The Morgan fingerprint density at radius 3 is 3.11 bits per heavy atom. The Kier molecular flexibility index (Phi) is 5.05. The quantitative estimate of drug-likeness (QED) is 0.785. The predicted molar refractivity (Wildman–Crippen MR) is 76.0 cm³/mol. The highest BCUT2D eigenvalue weighted by Crippen LogP contribution is 2.21. The molecular weight excluding hydrogens is 224 g/mol. The third kappa shape index (κ3) is 3.25. The van der Waals surface area contributed by atoms with E-state index in [1.54, 1.807) is 0 Å². The summed E-state index contributed by atoms with van der Waals surface area (Å²) in [5.74, 6) is 1.92. The summed E-state index contributed by atoms with van der Waals surface area (Å²) in [7, 11) is 0. The van der Waals surface area contributed by atoms with Crippen LogP contribution >= 0.6 is 0 Å². The Hall–Kier alpha value is -1.03. The largest absolute Gasteiger partial charge is 0.342 e. The van der Waals surface area contributed by atoms with Gasteiger partial charge >= 0.3 is 0 Å². The lowest BCUT2D eigenvalue weighted by atomic mass is 9.98. The van der Waals surface area contributed by atoms with Crippen molar-refractivity contribution in [2.45, 2.75) is 39.7 Å². The van der Waals surface area contributed by atoms with Crippen molar-refractivity contribution in [3.05, 3.63) is 12.4 Å². The number of hydrogen-bond donors (Lipinski definition) is 1. The van der Waals surface area contributed by atoms with Gasteiger partial charge in [-0.15, -0.1) is 0 Å². The van der Waals surface area contributed by atoms with E-state index in [2.05, 4.69) is 39.8 Å². The zero-order chi connectivity index (χ0) is 12.8. The Balaban J connectivity index is 1.90. The molecule has 0 aromatic carbocycles. The third-order valence-corrected chi connectivity index (χ3v) is 3.70. The van der Waals surface area contributed by atoms with Crippen LogP contribution in [0.25, 0.3) is 0 Å². The number of piperidine rings is 1. The molecule has 1 aromatic rings. The molecule has 0 radical (unpaired) electrons. The van der Waals surface area contributed by atoms with Crippen molar-refractivity contribution in [1.82, 2.24) is 14.9 Å². The van der Waals surface area contributed by atoms with Crippen LogP contribution in [-0.2, 0) is 6.54 Å². The second-order valence-corrected chi connectivity index (χ2v) is 5.17. The molecule has 102 valence electrons. The number of nitrogens with one attached hydrogen (secondary N) is 1. The zero-order valence-electron chi connectivity index (χ0n) is 11.7. The highest BCUT2D eigenvalue weighted by atomic mass is 15.3. The first-order valence-corrected chi connectivity index (χ1v) is 7.32. The molecule has 2 heterocycles. The fourth-order valence-electron chi connectivity index (χ4n) is 2.73. The van der Waals surface area contributed by atoms with Crippen LogP contribution in [0.5, 0.6) is 0 Å². The first kappa shape index (κ1) is 13.4. The minimum Gasteiger partial charge on any atom is -0.342 e. The van der Waals surface area contributed by atoms with E-state index in [0.717, 1.165) is 44.6 Å². The lowest BCUT2D eigenvalue weighted by Crippen LogP contribution is -2.41. The van der Waals surface area contributed by atoms with Gasteiger partial charge in [-0.05, 0) is 45.2 Å². The van der Waals surface area contributed by atoms with Gasteiger partial charge in [0.05, 0.1) is 0 Å². The molecule has 0 bridgehead atoms. The normalized spacial score (nSPS) is 20.3. The van der Waals surface area contributed by atoms with Gasteiger partial charge in [0.15, 0.2) is 0 Å². The number of aryl methyl sites for hydroxylation is 1. The molecule has 1 N–H and O–H groups in total. The van der Waals surface area contributed by atoms with Crippen LogP contribution in [0.3, 0.4) is 0 Å². The summed E-state index contributed by atoms with van der Waals surface area (Å²) >= 11 is 0. The lowest BCUT2D eigenvalue weighted by Gasteiger charge is -2.33. The second-order valence-electron chi connectivity index (χ2n) is 5.17. The van der Waals surface area contributed by atoms with Crippen molar-refractivity contribution in [3.63, 3.8) is 0 Å². The molecule has 0 spiro atoms. The molecule has 1 saturated heterocycles. The molecule has 0 aliphatic carbocycles. The molecule has 1 unspecified atom stereocenters. The Morgan fingerprint density at radius 2 is 2.33 bits per heavy atom. The highest BCUT2D eigenvalue weighted by Gasteiger charge is 2.22. The monoisotopic (exact) mass is 250 g/mol. The van der Waals surface area contributed by atoms with Crippen LogP contribution in [0.4, 0.5) is 5.95 Å². The summed E-state index contributed by atoms with van der Waals surface area (Å²) < 4.78 is 2.24. The van der Waals surface area contributed by atoms with Crippen LogP contribution in [-0.4, -0.2) is 35.7 Å². The van der Waals surface area contributed by atoms with Crippen molar-refractivity contribution in [2.24, 2.45) is 5.92 Å². The van der Waals surface area contributed by atoms with E-state index in [1.165, 1.54) is 19.3 Å². The SMILES string of the molecule is CCCNCC1CCCN(c2nccn2CC)C1. The van der Waals surface area contributed by atoms with Crippen LogP contribution < -0.4 is 10.2 Å². The van der Waals surface area contributed by atoms with E-state index >= 15 is 0 Å². The van der Waals surface area contributed by atoms with Gasteiger partial charge in [0, 0.05) is 32.0 Å². The number of nitrogens with zero attached hydrogens (tertiary/aromatic N) is 3. The van der Waals surface area contributed by atoms with Crippen molar-refractivity contribution in [3.8, 4) is 0 Å². The summed E-state index contributed by atoms with van der Waals surface area (Å²) in [4.78, 5) is 6.96. The maximum absolute atomic E-state index is 4.51. The van der Waals surface area contributed by atoms with E-state index in [-0.39, 0.29) is 0 Å². The number of anilines is 1. The molecule has 4 nitrogen and oxygen atoms in total. The van der Waals surface area contributed by atoms with Crippen LogP contribution in [0, 0.1) is 5.92 Å². The van der Waals surface area contributed by atoms with Gasteiger partial charge < -0.3 is 14.8 Å². The molecule has 1 aliphatic rings. The lowest BCUT2D eigenvalue weighted by molar-refractivity contribution is 0.387. The summed E-state index contributed by atoms with van der Waals surface area (Å²) in [6.07, 6.45) is 7.85. The topological polar surface area (TPSA) is 33.1 Å². The fraction of sp³-hybridized carbons (Fsp3) is 0.786. The second kappa shape index (κ2) is 6.78. The fourth-order valence-corrected chi connectivity index (χ4v) is 2.73. The predicted octanol–water partition coefficient (Wildman–Crippen LogP) is 2.12. The Morgan fingerprint density at radius 1 is 1.44 bits per heavy atom. The maximum atomic E-state index is 4.51. The Labute approximate surface area is 110 Å². The third-order valence-electron chi connectivity index (χ3n) is 3.70. The molecule has 0 amide bonds. The van der Waals surface area contributed by atoms with E-state index in [0.29, 0.717) is 0 Å². The standard InChI is InChI=1S/C14H26N4/c1-3-7-15-11-13-6-5-9-18(12-13)14-16-8-10-17(14)4-2/h8,10,13,15H,3-7,9,11-12H2,1-2H3. The summed E-state index contributed by atoms with van der Waals surface area (Å²) in [5, 5.41) is 3.55. The van der Waals surface area contributed by atoms with Gasteiger partial charge in [0.2, 0.25) is 5.95 Å². The van der Waals surface area contributed by atoms with E-state index in [4.69, 9.17) is 0 Å². The first-order chi connectivity index (χ1) is 8.85. The highest BCUT2D eigenvalue weighted by molar-refractivity contribution is 5.32. The van der Waals surface area contributed by atoms with Crippen molar-refractivity contribution >= 4 is 5.95 Å². The van der Waals surface area contributed by atoms with Crippen LogP contribution in [0.1, 0.15) is 33.1 Å². The van der Waals surface area contributed by atoms with Crippen LogP contribution in [0.15, 0.2) is 12.4 Å². The minimum absolute atomic E-state index is 0.771. The minimum atomic E-state index is 0.771. The molecule has 2 rings (SSSR count). The molecule has 1 aliphatic heterocycles. The van der Waals surface area contributed by atoms with E-state index < -0.39 is 0 Å². The van der Waals surface area contributed by atoms with Gasteiger partial charge in [0.25, 0.3) is 0 Å². The van der Waals surface area contributed by atoms with Gasteiger partial charge in [-0.2, -0.15) is 0 Å². The molecule has 1 atom stereocenters. The van der Waals surface area contributed by atoms with Crippen LogP contribution in [0.2, 0.25) is 0 Å². The van der Waals surface area contributed by atoms with Crippen molar-refractivity contribution < 1.29 is 0 Å². The number of aromatic nitrogens is 2. The van der Waals surface area contributed by atoms with Crippen molar-refractivity contribution in [2.75, 3.05) is 31.1 Å². The molecule has 18 heavy (non-hydrogen) atoms. The first-order valence-electron chi connectivity index (χ1n) is 7.32. The average Bonchev–Trinajstić information content (AvgIpc) is 2.88. The van der Waals surface area contributed by atoms with Gasteiger partial charge in [-0.25, -0.2) is 4.98 Å². The van der Waals surface area contributed by atoms with Crippen molar-refractivity contribution in [1.29, 1.82) is 0 Å². The average molecular weight is 250 g/mol. The molecular formula is C14H26N4. The molecule has 1 aromatic heterocycles. The van der Waals surface area contributed by atoms with Gasteiger partial charge in [-0.1, -0.05) is 6.92 Å². The number of rotatable bonds is 6. The van der Waals surface area contributed by atoms with Gasteiger partial charge in [-0.3, -0.25) is 0 Å². The maximum Gasteiger partial charge on any atom is 0.205 e.